The summed E-state index contributed by atoms with van der Waals surface area (Å²) in [5.41, 5.74) is 2.34. The maximum Gasteiger partial charge on any atom is 0.160 e. The maximum absolute atomic E-state index is 9.49. The minimum atomic E-state index is 0.171. The Kier molecular flexibility index (Phi) is 4.20. The monoisotopic (exact) mass is 243 g/mol. The van der Waals surface area contributed by atoms with Crippen LogP contribution in [0, 0.1) is 0 Å². The molecule has 2 rings (SSSR count). The van der Waals surface area contributed by atoms with E-state index in [-0.39, 0.29) is 5.75 Å². The quantitative estimate of drug-likeness (QED) is 0.848. The van der Waals surface area contributed by atoms with Gasteiger partial charge in [-0.15, -0.1) is 0 Å². The Balaban J connectivity index is 1.91. The van der Waals surface area contributed by atoms with Gasteiger partial charge in [0, 0.05) is 13.1 Å². The Morgan fingerprint density at radius 1 is 1.00 bits per heavy atom. The highest BCUT2D eigenvalue weighted by Crippen LogP contribution is 2.26. The van der Waals surface area contributed by atoms with Crippen molar-refractivity contribution < 1.29 is 9.84 Å². The van der Waals surface area contributed by atoms with Crippen molar-refractivity contribution in [2.24, 2.45) is 0 Å². The molecule has 0 atom stereocenters. The zero-order valence-corrected chi connectivity index (χ0v) is 10.4. The SMILES string of the molecule is COc1cc(CNCc2ccccc2)ccc1O. The molecule has 0 unspecified atom stereocenters. The predicted molar refractivity (Wildman–Crippen MR) is 71.6 cm³/mol. The summed E-state index contributed by atoms with van der Waals surface area (Å²) in [5, 5.41) is 12.8. The van der Waals surface area contributed by atoms with Crippen molar-refractivity contribution in [2.75, 3.05) is 7.11 Å². The van der Waals surface area contributed by atoms with Crippen LogP contribution in [0.4, 0.5) is 0 Å². The lowest BCUT2D eigenvalue weighted by atomic mass is 10.2. The Bertz CT molecular complexity index is 497. The van der Waals surface area contributed by atoms with Crippen molar-refractivity contribution in [2.45, 2.75) is 13.1 Å². The molecule has 0 aliphatic carbocycles. The Hall–Kier alpha value is -2.00. The van der Waals surface area contributed by atoms with Crippen LogP contribution in [-0.4, -0.2) is 12.2 Å². The molecule has 0 heterocycles. The van der Waals surface area contributed by atoms with Gasteiger partial charge in [0.05, 0.1) is 7.11 Å². The lowest BCUT2D eigenvalue weighted by molar-refractivity contribution is 0.373. The van der Waals surface area contributed by atoms with Gasteiger partial charge in [0.15, 0.2) is 11.5 Å². The highest BCUT2D eigenvalue weighted by molar-refractivity contribution is 5.41. The molecular weight excluding hydrogens is 226 g/mol. The Labute approximate surface area is 107 Å². The van der Waals surface area contributed by atoms with E-state index in [4.69, 9.17) is 4.74 Å². The van der Waals surface area contributed by atoms with Crippen molar-refractivity contribution >= 4 is 0 Å². The van der Waals surface area contributed by atoms with E-state index < -0.39 is 0 Å². The second-order valence-electron chi connectivity index (χ2n) is 4.10. The molecule has 0 aliphatic heterocycles. The van der Waals surface area contributed by atoms with Crippen molar-refractivity contribution in [1.29, 1.82) is 0 Å². The van der Waals surface area contributed by atoms with Gasteiger partial charge in [-0.05, 0) is 23.3 Å². The van der Waals surface area contributed by atoms with E-state index in [0.29, 0.717) is 5.75 Å². The Morgan fingerprint density at radius 2 is 1.72 bits per heavy atom. The van der Waals surface area contributed by atoms with Crippen LogP contribution >= 0.6 is 0 Å². The molecule has 2 aromatic rings. The van der Waals surface area contributed by atoms with E-state index in [1.807, 2.05) is 30.3 Å². The second kappa shape index (κ2) is 6.07. The highest BCUT2D eigenvalue weighted by atomic mass is 16.5. The van der Waals surface area contributed by atoms with Gasteiger partial charge < -0.3 is 15.2 Å². The van der Waals surface area contributed by atoms with Crippen molar-refractivity contribution in [3.8, 4) is 11.5 Å². The minimum Gasteiger partial charge on any atom is -0.504 e. The third-order valence-corrected chi connectivity index (χ3v) is 2.75. The van der Waals surface area contributed by atoms with Gasteiger partial charge in [-0.1, -0.05) is 36.4 Å². The molecule has 0 fully saturated rings. The van der Waals surface area contributed by atoms with Crippen LogP contribution in [-0.2, 0) is 13.1 Å². The first-order valence-electron chi connectivity index (χ1n) is 5.90. The minimum absolute atomic E-state index is 0.171. The standard InChI is InChI=1S/C15H17NO2/c1-18-15-9-13(7-8-14(15)17)11-16-10-12-5-3-2-4-6-12/h2-9,16-17H,10-11H2,1H3. The molecule has 0 bridgehead atoms. The van der Waals surface area contributed by atoms with Gasteiger partial charge >= 0.3 is 0 Å². The molecule has 2 N–H and O–H groups in total. The van der Waals surface area contributed by atoms with E-state index in [9.17, 15) is 5.11 Å². The van der Waals surface area contributed by atoms with Gasteiger partial charge in [-0.3, -0.25) is 0 Å². The normalized spacial score (nSPS) is 10.3. The summed E-state index contributed by atoms with van der Waals surface area (Å²) in [4.78, 5) is 0. The number of phenolic OH excluding ortho intramolecular Hbond substituents is 1. The number of ether oxygens (including phenoxy) is 1. The molecule has 0 radical (unpaired) electrons. The summed E-state index contributed by atoms with van der Waals surface area (Å²) < 4.78 is 5.07. The number of benzene rings is 2. The third kappa shape index (κ3) is 3.25. The molecule has 0 spiro atoms. The molecule has 3 heteroatoms. The molecule has 0 saturated heterocycles. The first-order valence-corrected chi connectivity index (χ1v) is 5.90. The fourth-order valence-corrected chi connectivity index (χ4v) is 1.78. The lowest BCUT2D eigenvalue weighted by Gasteiger charge is -2.08. The van der Waals surface area contributed by atoms with E-state index in [2.05, 4.69) is 17.4 Å². The lowest BCUT2D eigenvalue weighted by Crippen LogP contribution is -2.12. The van der Waals surface area contributed by atoms with Crippen LogP contribution in [0.15, 0.2) is 48.5 Å². The van der Waals surface area contributed by atoms with Crippen molar-refractivity contribution in [1.82, 2.24) is 5.32 Å². The summed E-state index contributed by atoms with van der Waals surface area (Å²) in [7, 11) is 1.55. The number of phenols is 1. The molecule has 0 amide bonds. The smallest absolute Gasteiger partial charge is 0.160 e. The van der Waals surface area contributed by atoms with Crippen LogP contribution in [0.2, 0.25) is 0 Å². The average molecular weight is 243 g/mol. The fourth-order valence-electron chi connectivity index (χ4n) is 1.78. The van der Waals surface area contributed by atoms with Crippen molar-refractivity contribution in [3.63, 3.8) is 0 Å². The molecule has 2 aromatic carbocycles. The third-order valence-electron chi connectivity index (χ3n) is 2.75. The van der Waals surface area contributed by atoms with Gasteiger partial charge in [0.25, 0.3) is 0 Å². The van der Waals surface area contributed by atoms with E-state index in [0.717, 1.165) is 18.7 Å². The number of methoxy groups -OCH3 is 1. The van der Waals surface area contributed by atoms with Crippen LogP contribution in [0.25, 0.3) is 0 Å². The fraction of sp³-hybridized carbons (Fsp3) is 0.200. The number of rotatable bonds is 5. The zero-order chi connectivity index (χ0) is 12.8. The molecular formula is C15H17NO2. The Morgan fingerprint density at radius 3 is 2.44 bits per heavy atom. The summed E-state index contributed by atoms with van der Waals surface area (Å²) in [6, 6.07) is 15.6. The van der Waals surface area contributed by atoms with Gasteiger partial charge in [-0.25, -0.2) is 0 Å². The molecule has 18 heavy (non-hydrogen) atoms. The molecule has 0 aromatic heterocycles. The van der Waals surface area contributed by atoms with Gasteiger partial charge in [-0.2, -0.15) is 0 Å². The molecule has 94 valence electrons. The van der Waals surface area contributed by atoms with Crippen molar-refractivity contribution in [3.05, 3.63) is 59.7 Å². The van der Waals surface area contributed by atoms with Crippen LogP contribution in [0.5, 0.6) is 11.5 Å². The number of hydrogen-bond donors (Lipinski definition) is 2. The number of hydrogen-bond acceptors (Lipinski definition) is 3. The average Bonchev–Trinajstić information content (AvgIpc) is 2.42. The number of aromatic hydroxyl groups is 1. The summed E-state index contributed by atoms with van der Waals surface area (Å²) in [5.74, 6) is 0.679. The van der Waals surface area contributed by atoms with Crippen LogP contribution in [0.3, 0.4) is 0 Å². The van der Waals surface area contributed by atoms with E-state index in [1.54, 1.807) is 13.2 Å². The highest BCUT2D eigenvalue weighted by Gasteiger charge is 2.02. The summed E-state index contributed by atoms with van der Waals surface area (Å²) in [6.07, 6.45) is 0. The summed E-state index contributed by atoms with van der Waals surface area (Å²) in [6.45, 7) is 1.57. The first kappa shape index (κ1) is 12.5. The van der Waals surface area contributed by atoms with Crippen LogP contribution in [0.1, 0.15) is 11.1 Å². The second-order valence-corrected chi connectivity index (χ2v) is 4.10. The van der Waals surface area contributed by atoms with E-state index in [1.165, 1.54) is 5.56 Å². The van der Waals surface area contributed by atoms with Gasteiger partial charge in [0.2, 0.25) is 0 Å². The summed E-state index contributed by atoms with van der Waals surface area (Å²) >= 11 is 0. The first-order chi connectivity index (χ1) is 8.79. The zero-order valence-electron chi connectivity index (χ0n) is 10.4. The molecule has 0 saturated carbocycles. The number of nitrogens with one attached hydrogen (secondary N) is 1. The molecule has 0 aliphatic rings. The predicted octanol–water partition coefficient (Wildman–Crippen LogP) is 2.69. The largest absolute Gasteiger partial charge is 0.504 e. The maximum atomic E-state index is 9.49. The van der Waals surface area contributed by atoms with E-state index >= 15 is 0 Å². The van der Waals surface area contributed by atoms with Gasteiger partial charge in [0.1, 0.15) is 0 Å². The van der Waals surface area contributed by atoms with Crippen LogP contribution < -0.4 is 10.1 Å². The molecule has 3 nitrogen and oxygen atoms in total. The topological polar surface area (TPSA) is 41.5 Å².